The molecule has 0 aliphatic heterocycles. The Morgan fingerprint density at radius 2 is 1.68 bits per heavy atom. The molecule has 22 heavy (non-hydrogen) atoms. The van der Waals surface area contributed by atoms with E-state index >= 15 is 0 Å². The fraction of sp³-hybridized carbons (Fsp3) is 0.200. The van der Waals surface area contributed by atoms with Gasteiger partial charge in [-0.05, 0) is 49.0 Å². The van der Waals surface area contributed by atoms with E-state index < -0.39 is 0 Å². The van der Waals surface area contributed by atoms with Gasteiger partial charge in [0.05, 0.1) is 21.4 Å². The molecule has 0 amide bonds. The smallest absolute Gasteiger partial charge is 0.0843 e. The molecule has 0 unspecified atom stereocenters. The van der Waals surface area contributed by atoms with Gasteiger partial charge in [-0.2, -0.15) is 0 Å². The minimum absolute atomic E-state index is 0.454. The molecule has 0 aliphatic carbocycles. The first-order valence-corrected chi connectivity index (χ1v) is 7.82. The molecule has 5 N–H and O–H groups in total. The topological polar surface area (TPSA) is 67.3 Å². The molecule has 0 radical (unpaired) electrons. The lowest BCUT2D eigenvalue weighted by Gasteiger charge is -2.20. The first-order chi connectivity index (χ1) is 10.6. The van der Waals surface area contributed by atoms with E-state index in [2.05, 4.69) is 4.84 Å². The van der Waals surface area contributed by atoms with Crippen LogP contribution in [0.1, 0.15) is 6.42 Å². The van der Waals surface area contributed by atoms with Crippen molar-refractivity contribution in [3.05, 3.63) is 58.6 Å². The highest BCUT2D eigenvalue weighted by Crippen LogP contribution is 2.34. The predicted octanol–water partition coefficient (Wildman–Crippen LogP) is 4.08. The summed E-state index contributed by atoms with van der Waals surface area (Å²) < 4.78 is 0. The number of hydrogen-bond donors (Lipinski definition) is 3. The number of nitrogens with two attached hydrogens (primary N) is 2. The molecule has 120 valence electrons. The lowest BCUT2D eigenvalue weighted by molar-refractivity contribution is 0.803. The van der Waals surface area contributed by atoms with Crippen LogP contribution in [0.25, 0.3) is 0 Å². The van der Waals surface area contributed by atoms with E-state index in [0.29, 0.717) is 22.3 Å². The van der Waals surface area contributed by atoms with E-state index in [-0.39, 0.29) is 0 Å². The van der Waals surface area contributed by atoms with Gasteiger partial charge in [0.25, 0.3) is 0 Å². The van der Waals surface area contributed by atoms with Crippen molar-refractivity contribution < 1.29 is 0 Å². The Kier molecular flexibility index (Phi) is 9.24. The number of hydrazine groups is 1. The third kappa shape index (κ3) is 6.01. The molecular formula is C15H19Cl3N4. The van der Waals surface area contributed by atoms with Crippen LogP contribution in [-0.4, -0.2) is 13.1 Å². The Morgan fingerprint density at radius 3 is 2.23 bits per heavy atom. The molecule has 0 heterocycles. The summed E-state index contributed by atoms with van der Waals surface area (Å²) in [6.45, 7) is 1.51. The SMILES string of the molecule is NCCCNCl.NN(c1ccccc1)c1cccc(Cl)c1Cl. The van der Waals surface area contributed by atoms with Gasteiger partial charge in [0.2, 0.25) is 0 Å². The first kappa shape index (κ1) is 19.0. The van der Waals surface area contributed by atoms with Crippen molar-refractivity contribution in [2.45, 2.75) is 6.42 Å². The van der Waals surface area contributed by atoms with Crippen LogP contribution < -0.4 is 21.4 Å². The van der Waals surface area contributed by atoms with Crippen molar-refractivity contribution in [1.29, 1.82) is 0 Å². The van der Waals surface area contributed by atoms with Gasteiger partial charge in [0.1, 0.15) is 0 Å². The number of rotatable bonds is 5. The molecule has 0 saturated heterocycles. The maximum atomic E-state index is 6.08. The second-order valence-electron chi connectivity index (χ2n) is 4.30. The van der Waals surface area contributed by atoms with E-state index in [1.165, 1.54) is 5.01 Å². The summed E-state index contributed by atoms with van der Waals surface area (Å²) in [5.74, 6) is 5.98. The number of benzene rings is 2. The average molecular weight is 362 g/mol. The molecule has 0 aliphatic rings. The number of para-hydroxylation sites is 1. The van der Waals surface area contributed by atoms with Crippen LogP contribution in [0.3, 0.4) is 0 Å². The van der Waals surface area contributed by atoms with Crippen LogP contribution in [-0.2, 0) is 0 Å². The van der Waals surface area contributed by atoms with Gasteiger partial charge in [-0.15, -0.1) is 0 Å². The Bertz CT molecular complexity index is 548. The normalized spacial score (nSPS) is 9.86. The van der Waals surface area contributed by atoms with Crippen molar-refractivity contribution in [1.82, 2.24) is 4.84 Å². The third-order valence-electron chi connectivity index (χ3n) is 2.70. The van der Waals surface area contributed by atoms with Crippen LogP contribution in [0.5, 0.6) is 0 Å². The molecule has 0 fully saturated rings. The summed E-state index contributed by atoms with van der Waals surface area (Å²) in [6.07, 6.45) is 0.948. The van der Waals surface area contributed by atoms with E-state index in [1.807, 2.05) is 42.5 Å². The summed E-state index contributed by atoms with van der Waals surface area (Å²) >= 11 is 17.1. The second-order valence-corrected chi connectivity index (χ2v) is 5.36. The number of halogens is 3. The van der Waals surface area contributed by atoms with Crippen molar-refractivity contribution in [2.75, 3.05) is 18.1 Å². The van der Waals surface area contributed by atoms with E-state index in [4.69, 9.17) is 46.6 Å². The fourth-order valence-corrected chi connectivity index (χ4v) is 2.10. The summed E-state index contributed by atoms with van der Waals surface area (Å²) in [4.78, 5) is 2.46. The van der Waals surface area contributed by atoms with Gasteiger partial charge in [0, 0.05) is 6.54 Å². The molecule has 0 atom stereocenters. The highest BCUT2D eigenvalue weighted by atomic mass is 35.5. The van der Waals surface area contributed by atoms with Gasteiger partial charge in [-0.1, -0.05) is 47.5 Å². The molecule has 0 spiro atoms. The number of hydrogen-bond acceptors (Lipinski definition) is 4. The Labute approximate surface area is 146 Å². The minimum Gasteiger partial charge on any atom is -0.330 e. The molecule has 0 bridgehead atoms. The van der Waals surface area contributed by atoms with E-state index in [0.717, 1.165) is 18.7 Å². The molecular weight excluding hydrogens is 343 g/mol. The van der Waals surface area contributed by atoms with Crippen molar-refractivity contribution >= 4 is 46.4 Å². The Balaban J connectivity index is 0.000000346. The highest BCUT2D eigenvalue weighted by Gasteiger charge is 2.10. The Morgan fingerprint density at radius 1 is 1.00 bits per heavy atom. The molecule has 2 rings (SSSR count). The summed E-state index contributed by atoms with van der Waals surface area (Å²) in [5.41, 5.74) is 6.65. The number of anilines is 2. The molecule has 4 nitrogen and oxygen atoms in total. The molecule has 2 aromatic carbocycles. The van der Waals surface area contributed by atoms with Gasteiger partial charge in [-0.25, -0.2) is 10.7 Å². The van der Waals surface area contributed by atoms with E-state index in [1.54, 1.807) is 6.07 Å². The zero-order chi connectivity index (χ0) is 16.4. The Hall–Kier alpha value is -1.01. The lowest BCUT2D eigenvalue weighted by Crippen LogP contribution is -2.25. The van der Waals surface area contributed by atoms with Crippen LogP contribution in [0.2, 0.25) is 10.0 Å². The zero-order valence-electron chi connectivity index (χ0n) is 12.0. The van der Waals surface area contributed by atoms with Gasteiger partial charge in [-0.3, -0.25) is 5.01 Å². The molecule has 0 saturated carbocycles. The summed E-state index contributed by atoms with van der Waals surface area (Å²) in [7, 11) is 0. The van der Waals surface area contributed by atoms with Gasteiger partial charge < -0.3 is 5.73 Å². The molecule has 0 aromatic heterocycles. The van der Waals surface area contributed by atoms with E-state index in [9.17, 15) is 0 Å². The minimum atomic E-state index is 0.454. The summed E-state index contributed by atoms with van der Waals surface area (Å²) in [5, 5.41) is 2.45. The summed E-state index contributed by atoms with van der Waals surface area (Å²) in [6, 6.07) is 14.9. The molecule has 2 aromatic rings. The quantitative estimate of drug-likeness (QED) is 0.325. The van der Waals surface area contributed by atoms with Crippen molar-refractivity contribution in [2.24, 2.45) is 11.6 Å². The first-order valence-electron chi connectivity index (χ1n) is 6.69. The van der Waals surface area contributed by atoms with Crippen LogP contribution in [0.4, 0.5) is 11.4 Å². The van der Waals surface area contributed by atoms with Crippen LogP contribution in [0.15, 0.2) is 48.5 Å². The average Bonchev–Trinajstić information content (AvgIpc) is 2.56. The standard InChI is InChI=1S/C12H10Cl2N2.C3H9ClN2/c13-10-7-4-8-11(12(10)14)16(15)9-5-2-1-3-6-9;4-6-3-1-2-5/h1-8H,15H2;6H,1-3,5H2. The van der Waals surface area contributed by atoms with Crippen molar-refractivity contribution in [3.8, 4) is 0 Å². The monoisotopic (exact) mass is 360 g/mol. The van der Waals surface area contributed by atoms with Crippen LogP contribution in [0, 0.1) is 0 Å². The maximum absolute atomic E-state index is 6.08. The largest absolute Gasteiger partial charge is 0.330 e. The fourth-order valence-electron chi connectivity index (χ4n) is 1.58. The predicted molar refractivity (Wildman–Crippen MR) is 96.8 cm³/mol. The zero-order valence-corrected chi connectivity index (χ0v) is 14.2. The number of nitrogens with zero attached hydrogens (tertiary/aromatic N) is 1. The second kappa shape index (κ2) is 10.7. The van der Waals surface area contributed by atoms with Gasteiger partial charge in [0.15, 0.2) is 0 Å². The number of nitrogens with one attached hydrogen (secondary N) is 1. The lowest BCUT2D eigenvalue weighted by atomic mass is 10.2. The van der Waals surface area contributed by atoms with Gasteiger partial charge >= 0.3 is 0 Å². The highest BCUT2D eigenvalue weighted by molar-refractivity contribution is 6.43. The maximum Gasteiger partial charge on any atom is 0.0843 e. The molecule has 7 heteroatoms. The van der Waals surface area contributed by atoms with Crippen molar-refractivity contribution in [3.63, 3.8) is 0 Å². The van der Waals surface area contributed by atoms with Crippen LogP contribution >= 0.6 is 35.0 Å². The third-order valence-corrected chi connectivity index (χ3v) is 3.70.